The van der Waals surface area contributed by atoms with Crippen molar-refractivity contribution in [1.29, 1.82) is 0 Å². The summed E-state index contributed by atoms with van der Waals surface area (Å²) >= 11 is 0. The molecular formula is C22H24N3NiO3-. The molecule has 156 valence electrons. The standard InChI is InChI=1S/C22H25N3O3.Ni/c1-16(23-14-21(26)27)18-10-5-6-11-19(18)24-22(28)20-12-7-13-25(20)15-17-8-3-2-4-9-17;/h2-6,8-11,20H,7,12-15H2,1H3,(H2,23,24,26,27,28);/p-1/t20-;/m0./s1. The SMILES string of the molecule is CC(=NCC(=O)O)c1ccccc1[N-]C(=O)[C@@H]1CCCN1Cc1ccccc1.[Ni]. The van der Waals surface area contributed by atoms with Gasteiger partial charge in [0.25, 0.3) is 0 Å². The summed E-state index contributed by atoms with van der Waals surface area (Å²) in [6, 6.07) is 17.1. The van der Waals surface area contributed by atoms with Crippen molar-refractivity contribution in [3.8, 4) is 0 Å². The van der Waals surface area contributed by atoms with Crippen molar-refractivity contribution >= 4 is 23.3 Å². The van der Waals surface area contributed by atoms with Gasteiger partial charge in [0, 0.05) is 28.7 Å². The fourth-order valence-electron chi connectivity index (χ4n) is 3.45. The quantitative estimate of drug-likeness (QED) is 0.528. The maximum Gasteiger partial charge on any atom is 0.325 e. The molecule has 2 aromatic carbocycles. The first-order chi connectivity index (χ1) is 13.5. The molecule has 1 atom stereocenters. The molecule has 0 aromatic heterocycles. The predicted octanol–water partition coefficient (Wildman–Crippen LogP) is 3.77. The number of nitrogens with zero attached hydrogens (tertiary/aromatic N) is 3. The zero-order valence-corrected chi connectivity index (χ0v) is 17.2. The van der Waals surface area contributed by atoms with Crippen LogP contribution in [0, 0.1) is 0 Å². The van der Waals surface area contributed by atoms with E-state index in [9.17, 15) is 9.59 Å². The number of rotatable bonds is 7. The summed E-state index contributed by atoms with van der Waals surface area (Å²) in [5.74, 6) is -1.15. The molecule has 29 heavy (non-hydrogen) atoms. The molecule has 0 aliphatic carbocycles. The van der Waals surface area contributed by atoms with Crippen LogP contribution in [0.1, 0.15) is 30.9 Å². The molecule has 1 fully saturated rings. The summed E-state index contributed by atoms with van der Waals surface area (Å²) in [6.07, 6.45) is 1.77. The first-order valence-corrected chi connectivity index (χ1v) is 9.40. The van der Waals surface area contributed by atoms with E-state index in [2.05, 4.69) is 27.3 Å². The van der Waals surface area contributed by atoms with Gasteiger partial charge in [0.2, 0.25) is 0 Å². The van der Waals surface area contributed by atoms with E-state index >= 15 is 0 Å². The van der Waals surface area contributed by atoms with Gasteiger partial charge in [-0.2, -0.15) is 0 Å². The Bertz CT molecular complexity index is 871. The third-order valence-corrected chi connectivity index (χ3v) is 4.85. The molecule has 0 saturated carbocycles. The zero-order chi connectivity index (χ0) is 19.9. The van der Waals surface area contributed by atoms with Gasteiger partial charge in [0.15, 0.2) is 0 Å². The monoisotopic (exact) mass is 436 g/mol. The number of carboxylic acid groups (broad SMARTS) is 1. The number of carboxylic acids is 1. The Morgan fingerprint density at radius 3 is 2.55 bits per heavy atom. The van der Waals surface area contributed by atoms with Crippen molar-refractivity contribution in [2.45, 2.75) is 32.4 Å². The van der Waals surface area contributed by atoms with Crippen molar-refractivity contribution in [2.24, 2.45) is 4.99 Å². The van der Waals surface area contributed by atoms with E-state index in [1.165, 1.54) is 5.56 Å². The Hall–Kier alpha value is -2.50. The van der Waals surface area contributed by atoms with Gasteiger partial charge in [0.05, 0.1) is 11.9 Å². The van der Waals surface area contributed by atoms with Crippen molar-refractivity contribution < 1.29 is 31.2 Å². The molecule has 1 N–H and O–H groups in total. The topological polar surface area (TPSA) is 84.1 Å². The summed E-state index contributed by atoms with van der Waals surface area (Å²) in [7, 11) is 0. The van der Waals surface area contributed by atoms with Gasteiger partial charge < -0.3 is 15.2 Å². The molecule has 0 unspecified atom stereocenters. The maximum absolute atomic E-state index is 12.9. The zero-order valence-electron chi connectivity index (χ0n) is 16.2. The number of amides is 1. The Kier molecular flexibility index (Phi) is 8.56. The second-order valence-electron chi connectivity index (χ2n) is 6.88. The van der Waals surface area contributed by atoms with Crippen LogP contribution in [0.2, 0.25) is 0 Å². The number of carbonyl (C=O) groups excluding carboxylic acids is 1. The minimum Gasteiger partial charge on any atom is -0.625 e. The van der Waals surface area contributed by atoms with E-state index in [0.29, 0.717) is 17.0 Å². The average Bonchev–Trinajstić information content (AvgIpc) is 3.15. The normalized spacial score (nSPS) is 16.9. The molecule has 1 aliphatic rings. The average molecular weight is 437 g/mol. The van der Waals surface area contributed by atoms with Gasteiger partial charge in [-0.25, -0.2) is 0 Å². The molecule has 1 heterocycles. The van der Waals surface area contributed by atoms with Gasteiger partial charge in [-0.05, 0) is 37.4 Å². The summed E-state index contributed by atoms with van der Waals surface area (Å²) in [6.45, 7) is 3.04. The molecule has 7 heteroatoms. The number of para-hydroxylation sites is 1. The van der Waals surface area contributed by atoms with Crippen LogP contribution >= 0.6 is 0 Å². The molecule has 6 nitrogen and oxygen atoms in total. The number of carbonyl (C=O) groups is 2. The molecule has 0 spiro atoms. The number of hydrogen-bond donors (Lipinski definition) is 1. The second-order valence-corrected chi connectivity index (χ2v) is 6.88. The first kappa shape index (κ1) is 22.8. The van der Waals surface area contributed by atoms with Crippen molar-refractivity contribution in [1.82, 2.24) is 4.90 Å². The van der Waals surface area contributed by atoms with Crippen molar-refractivity contribution in [3.63, 3.8) is 0 Å². The number of hydrogen-bond acceptors (Lipinski definition) is 4. The Morgan fingerprint density at radius 1 is 1.14 bits per heavy atom. The van der Waals surface area contributed by atoms with E-state index in [0.717, 1.165) is 25.9 Å². The van der Waals surface area contributed by atoms with Gasteiger partial charge in [-0.15, -0.1) is 5.69 Å². The van der Waals surface area contributed by atoms with Crippen molar-refractivity contribution in [3.05, 3.63) is 71.0 Å². The molecule has 1 aliphatic heterocycles. The van der Waals surface area contributed by atoms with Gasteiger partial charge in [0.1, 0.15) is 6.54 Å². The fraction of sp³-hybridized carbons (Fsp3) is 0.318. The van der Waals surface area contributed by atoms with Crippen LogP contribution in [0.15, 0.2) is 59.6 Å². The second kappa shape index (κ2) is 10.9. The molecule has 0 bridgehead atoms. The predicted molar refractivity (Wildman–Crippen MR) is 109 cm³/mol. The third-order valence-electron chi connectivity index (χ3n) is 4.85. The van der Waals surface area contributed by atoms with Crippen LogP contribution < -0.4 is 0 Å². The summed E-state index contributed by atoms with van der Waals surface area (Å²) < 4.78 is 0. The number of benzene rings is 2. The summed E-state index contributed by atoms with van der Waals surface area (Å²) in [5.41, 5.74) is 2.96. The Balaban J connectivity index is 0.00000300. The van der Waals surface area contributed by atoms with E-state index in [4.69, 9.17) is 5.11 Å². The number of likely N-dealkylation sites (tertiary alicyclic amines) is 1. The van der Waals surface area contributed by atoms with Gasteiger partial charge >= 0.3 is 5.97 Å². The fourth-order valence-corrected chi connectivity index (χ4v) is 3.45. The van der Waals surface area contributed by atoms with E-state index in [1.807, 2.05) is 36.4 Å². The molecule has 1 amide bonds. The van der Waals surface area contributed by atoms with E-state index in [1.54, 1.807) is 13.0 Å². The van der Waals surface area contributed by atoms with Crippen LogP contribution in [-0.4, -0.2) is 46.7 Å². The molecule has 3 rings (SSSR count). The summed E-state index contributed by atoms with van der Waals surface area (Å²) in [4.78, 5) is 29.9. The molecule has 1 saturated heterocycles. The smallest absolute Gasteiger partial charge is 0.325 e. The third kappa shape index (κ3) is 6.24. The minimum absolute atomic E-state index is 0. The first-order valence-electron chi connectivity index (χ1n) is 9.40. The summed E-state index contributed by atoms with van der Waals surface area (Å²) in [5, 5.41) is 13.2. The number of aliphatic imine (C=N–C) groups is 1. The van der Waals surface area contributed by atoms with Crippen LogP contribution in [0.5, 0.6) is 0 Å². The van der Waals surface area contributed by atoms with Gasteiger partial charge in [-0.3, -0.25) is 14.7 Å². The Morgan fingerprint density at radius 2 is 1.83 bits per heavy atom. The van der Waals surface area contributed by atoms with Crippen LogP contribution in [0.3, 0.4) is 0 Å². The van der Waals surface area contributed by atoms with Crippen molar-refractivity contribution in [2.75, 3.05) is 13.1 Å². The maximum atomic E-state index is 12.9. The molecule has 0 radical (unpaired) electrons. The number of aliphatic carboxylic acids is 1. The largest absolute Gasteiger partial charge is 0.625 e. The Labute approximate surface area is 181 Å². The van der Waals surface area contributed by atoms with Crippen LogP contribution in [-0.2, 0) is 32.6 Å². The van der Waals surface area contributed by atoms with E-state index < -0.39 is 5.97 Å². The van der Waals surface area contributed by atoms with Gasteiger partial charge in [-0.1, -0.05) is 54.6 Å². The van der Waals surface area contributed by atoms with Crippen LogP contribution in [0.25, 0.3) is 5.32 Å². The minimum atomic E-state index is -0.993. The molecular weight excluding hydrogens is 413 g/mol. The van der Waals surface area contributed by atoms with E-state index in [-0.39, 0.29) is 35.0 Å². The van der Waals surface area contributed by atoms with Crippen LogP contribution in [0.4, 0.5) is 5.69 Å². The molecule has 2 aromatic rings.